The van der Waals surface area contributed by atoms with Crippen molar-refractivity contribution in [3.05, 3.63) is 66.3 Å². The number of aromatic nitrogens is 3. The molecule has 0 aliphatic carbocycles. The van der Waals surface area contributed by atoms with Gasteiger partial charge in [-0.1, -0.05) is 48.5 Å². The van der Waals surface area contributed by atoms with Crippen LogP contribution in [0, 0.1) is 12.3 Å². The fourth-order valence-electron chi connectivity index (χ4n) is 6.08. The molecule has 2 aliphatic heterocycles. The molecule has 9 heteroatoms. The lowest BCUT2D eigenvalue weighted by Gasteiger charge is -2.41. The maximum absolute atomic E-state index is 12.5. The predicted octanol–water partition coefficient (Wildman–Crippen LogP) is 5.20. The van der Waals surface area contributed by atoms with Crippen LogP contribution in [0.2, 0.25) is 5.02 Å². The molecular weight excluding hydrogens is 548 g/mol. The summed E-state index contributed by atoms with van der Waals surface area (Å²) in [5, 5.41) is 2.71. The first kappa shape index (κ1) is 28.0. The fourth-order valence-corrected chi connectivity index (χ4v) is 6.36. The largest absolute Gasteiger partial charge is 0.462 e. The molecule has 0 bridgehead atoms. The maximum atomic E-state index is 12.5. The lowest BCUT2D eigenvalue weighted by atomic mass is 9.99. The monoisotopic (exact) mass is 580 g/mol. The van der Waals surface area contributed by atoms with Crippen LogP contribution in [-0.2, 0) is 4.79 Å². The Kier molecular flexibility index (Phi) is 7.96. The SMILES string of the molecule is C#CC[C@H]1CN(c2nc(OCC3CCCN3C)nc3cc(-c4cccc5cccc(Cl)c45)cnc23)CCN1C(=O)C=C. The van der Waals surface area contributed by atoms with Crippen LogP contribution in [0.4, 0.5) is 5.82 Å². The number of amides is 1. The summed E-state index contributed by atoms with van der Waals surface area (Å²) < 4.78 is 6.24. The molecule has 2 aromatic heterocycles. The third kappa shape index (κ3) is 5.38. The Morgan fingerprint density at radius 2 is 2.02 bits per heavy atom. The van der Waals surface area contributed by atoms with Crippen molar-refractivity contribution < 1.29 is 9.53 Å². The van der Waals surface area contributed by atoms with Gasteiger partial charge in [0, 0.05) is 54.3 Å². The van der Waals surface area contributed by atoms with Gasteiger partial charge in [0.2, 0.25) is 5.91 Å². The zero-order valence-electron chi connectivity index (χ0n) is 23.7. The Labute approximate surface area is 251 Å². The first-order chi connectivity index (χ1) is 20.5. The molecule has 2 fully saturated rings. The summed E-state index contributed by atoms with van der Waals surface area (Å²) in [5.41, 5.74) is 3.22. The van der Waals surface area contributed by atoms with E-state index in [4.69, 9.17) is 37.7 Å². The van der Waals surface area contributed by atoms with Crippen LogP contribution in [-0.4, -0.2) is 82.6 Å². The number of piperazine rings is 1. The molecular formula is C33H33ClN6O2. The highest BCUT2D eigenvalue weighted by molar-refractivity contribution is 6.36. The van der Waals surface area contributed by atoms with Crippen molar-refractivity contribution in [3.8, 4) is 29.5 Å². The molecule has 2 aromatic carbocycles. The number of fused-ring (bicyclic) bond motifs is 2. The highest BCUT2D eigenvalue weighted by Crippen LogP contribution is 2.36. The van der Waals surface area contributed by atoms with Gasteiger partial charge in [0.05, 0.1) is 11.6 Å². The van der Waals surface area contributed by atoms with Crippen molar-refractivity contribution in [3.63, 3.8) is 0 Å². The van der Waals surface area contributed by atoms with E-state index in [1.165, 1.54) is 6.08 Å². The summed E-state index contributed by atoms with van der Waals surface area (Å²) in [6.45, 7) is 6.81. The standard InChI is InChI=1S/C33H33ClN6O2/c1-4-9-24-20-39(16-17-40(24)29(41)5-2)32-31-28(36-33(37-32)42-21-25-12-8-15-38(25)3)18-23(19-35-31)26-13-6-10-22-11-7-14-27(34)30(22)26/h1,5-7,10-11,13-14,18-19,24-25H,2,8-9,12,15-17,20-21H2,3H3/t24-,25?/m0/s1. The average Bonchev–Trinajstić information content (AvgIpc) is 3.43. The van der Waals surface area contributed by atoms with Crippen LogP contribution in [0.15, 0.2) is 61.3 Å². The second-order valence-electron chi connectivity index (χ2n) is 10.9. The van der Waals surface area contributed by atoms with E-state index in [0.717, 1.165) is 41.3 Å². The topological polar surface area (TPSA) is 74.7 Å². The van der Waals surface area contributed by atoms with E-state index in [-0.39, 0.29) is 11.9 Å². The van der Waals surface area contributed by atoms with Crippen LogP contribution in [0.5, 0.6) is 6.01 Å². The van der Waals surface area contributed by atoms with Crippen molar-refractivity contribution in [2.24, 2.45) is 0 Å². The van der Waals surface area contributed by atoms with Gasteiger partial charge >= 0.3 is 6.01 Å². The van der Waals surface area contributed by atoms with E-state index in [1.54, 1.807) is 4.90 Å². The first-order valence-electron chi connectivity index (χ1n) is 14.3. The molecule has 1 unspecified atom stereocenters. The number of ether oxygens (including phenoxy) is 1. The highest BCUT2D eigenvalue weighted by Gasteiger charge is 2.31. The molecule has 2 saturated heterocycles. The molecule has 42 heavy (non-hydrogen) atoms. The van der Waals surface area contributed by atoms with Crippen LogP contribution >= 0.6 is 11.6 Å². The van der Waals surface area contributed by atoms with Crippen LogP contribution in [0.25, 0.3) is 32.9 Å². The third-order valence-corrected chi connectivity index (χ3v) is 8.65. The number of likely N-dealkylation sites (N-methyl/N-ethyl adjacent to an activating group) is 1. The lowest BCUT2D eigenvalue weighted by molar-refractivity contribution is -0.128. The van der Waals surface area contributed by atoms with Gasteiger partial charge in [-0.15, -0.1) is 12.3 Å². The van der Waals surface area contributed by atoms with Crippen molar-refractivity contribution in [2.45, 2.75) is 31.3 Å². The van der Waals surface area contributed by atoms with E-state index in [9.17, 15) is 4.79 Å². The summed E-state index contributed by atoms with van der Waals surface area (Å²) in [6, 6.07) is 14.5. The molecule has 214 valence electrons. The molecule has 2 atom stereocenters. The van der Waals surface area contributed by atoms with Crippen molar-refractivity contribution in [1.29, 1.82) is 0 Å². The minimum absolute atomic E-state index is 0.122. The summed E-state index contributed by atoms with van der Waals surface area (Å²) in [5.74, 6) is 3.27. The van der Waals surface area contributed by atoms with Gasteiger partial charge in [-0.25, -0.2) is 0 Å². The van der Waals surface area contributed by atoms with Crippen molar-refractivity contribution in [2.75, 3.05) is 44.7 Å². The molecule has 4 heterocycles. The van der Waals surface area contributed by atoms with Crippen LogP contribution in [0.3, 0.4) is 0 Å². The van der Waals surface area contributed by atoms with Gasteiger partial charge in [-0.05, 0) is 55.6 Å². The number of hydrogen-bond acceptors (Lipinski definition) is 7. The van der Waals surface area contributed by atoms with Gasteiger partial charge in [0.15, 0.2) is 5.82 Å². The molecule has 0 spiro atoms. The number of hydrogen-bond donors (Lipinski definition) is 0. The second kappa shape index (κ2) is 12.0. The Morgan fingerprint density at radius 3 is 2.79 bits per heavy atom. The van der Waals surface area contributed by atoms with Gasteiger partial charge in [-0.3, -0.25) is 9.78 Å². The van der Waals surface area contributed by atoms with E-state index in [2.05, 4.69) is 41.5 Å². The number of pyridine rings is 1. The molecule has 2 aliphatic rings. The minimum atomic E-state index is -0.173. The molecule has 6 rings (SSSR count). The Bertz CT molecular complexity index is 1700. The molecule has 4 aromatic rings. The van der Waals surface area contributed by atoms with Gasteiger partial charge < -0.3 is 19.4 Å². The molecule has 1 amide bonds. The van der Waals surface area contributed by atoms with Crippen molar-refractivity contribution >= 4 is 45.1 Å². The number of benzene rings is 2. The number of terminal acetylenes is 1. The summed E-state index contributed by atoms with van der Waals surface area (Å²) >= 11 is 6.66. The quantitative estimate of drug-likeness (QED) is 0.220. The molecule has 8 nitrogen and oxygen atoms in total. The zero-order valence-corrected chi connectivity index (χ0v) is 24.4. The number of carbonyl (C=O) groups is 1. The summed E-state index contributed by atoms with van der Waals surface area (Å²) in [6.07, 6.45) is 11.5. The van der Waals surface area contributed by atoms with Crippen LogP contribution < -0.4 is 9.64 Å². The Hall–Kier alpha value is -4.19. The Morgan fingerprint density at radius 1 is 1.19 bits per heavy atom. The Balaban J connectivity index is 1.42. The fraction of sp³-hybridized carbons (Fsp3) is 0.333. The molecule has 0 N–H and O–H groups in total. The summed E-state index contributed by atoms with van der Waals surface area (Å²) in [7, 11) is 2.12. The third-order valence-electron chi connectivity index (χ3n) is 8.33. The van der Waals surface area contributed by atoms with Crippen LogP contribution in [0.1, 0.15) is 19.3 Å². The number of likely N-dealkylation sites (tertiary alicyclic amines) is 1. The minimum Gasteiger partial charge on any atom is -0.462 e. The average molecular weight is 581 g/mol. The summed E-state index contributed by atoms with van der Waals surface area (Å²) in [4.78, 5) is 33.4. The number of halogens is 1. The lowest BCUT2D eigenvalue weighted by Crippen LogP contribution is -2.55. The van der Waals surface area contributed by atoms with E-state index in [0.29, 0.717) is 66.6 Å². The zero-order chi connectivity index (χ0) is 29.2. The van der Waals surface area contributed by atoms with E-state index >= 15 is 0 Å². The van der Waals surface area contributed by atoms with Gasteiger partial charge in [0.1, 0.15) is 12.1 Å². The number of rotatable bonds is 7. The second-order valence-corrected chi connectivity index (χ2v) is 11.3. The smallest absolute Gasteiger partial charge is 0.319 e. The van der Waals surface area contributed by atoms with Crippen molar-refractivity contribution in [1.82, 2.24) is 24.8 Å². The van der Waals surface area contributed by atoms with Gasteiger partial charge in [0.25, 0.3) is 0 Å². The molecule has 0 saturated carbocycles. The number of nitrogens with zero attached hydrogens (tertiary/aromatic N) is 6. The first-order valence-corrected chi connectivity index (χ1v) is 14.6. The normalized spacial score (nSPS) is 19.3. The van der Waals surface area contributed by atoms with E-state index < -0.39 is 0 Å². The van der Waals surface area contributed by atoms with E-state index in [1.807, 2.05) is 36.5 Å². The molecule has 0 radical (unpaired) electrons. The maximum Gasteiger partial charge on any atom is 0.319 e. The number of anilines is 1. The van der Waals surface area contributed by atoms with Gasteiger partial charge in [-0.2, -0.15) is 9.97 Å². The number of carbonyl (C=O) groups excluding carboxylic acids is 1. The highest BCUT2D eigenvalue weighted by atomic mass is 35.5. The predicted molar refractivity (Wildman–Crippen MR) is 168 cm³/mol.